The van der Waals surface area contributed by atoms with Crippen LogP contribution in [0.1, 0.15) is 0 Å². The van der Waals surface area contributed by atoms with Gasteiger partial charge in [0.25, 0.3) is 0 Å². The van der Waals surface area contributed by atoms with Crippen LogP contribution >= 0.6 is 0 Å². The smallest absolute Gasteiger partial charge is 0.218 e. The van der Waals surface area contributed by atoms with Crippen molar-refractivity contribution in [2.75, 3.05) is 0 Å². The molecule has 0 saturated heterocycles. The molecule has 0 atom stereocenters. The molecule has 0 heterocycles. The number of sulfone groups is 1. The highest BCUT2D eigenvalue weighted by Gasteiger charge is 2.11. The molecule has 10 heavy (non-hydrogen) atoms. The third-order valence-corrected chi connectivity index (χ3v) is 1.92. The molecule has 0 saturated carbocycles. The van der Waals surface area contributed by atoms with Gasteiger partial charge in [-0.25, -0.2) is 8.42 Å². The molecule has 0 aromatic carbocycles. The average Bonchev–Trinajstić information content (AvgIpc) is 1.90. The zero-order valence-electron chi connectivity index (χ0n) is 4.96. The SMILES string of the molecule is C=CS(=O)(=O)C(=C=N)C#N. The number of hydrogen-bond acceptors (Lipinski definition) is 4. The van der Waals surface area contributed by atoms with Crippen LogP contribution in [0.3, 0.4) is 0 Å². The van der Waals surface area contributed by atoms with Gasteiger partial charge in [0.2, 0.25) is 14.7 Å². The average molecular weight is 156 g/mol. The molecule has 0 aromatic heterocycles. The van der Waals surface area contributed by atoms with Gasteiger partial charge in [0.1, 0.15) is 6.07 Å². The van der Waals surface area contributed by atoms with Crippen molar-refractivity contribution in [3.8, 4) is 6.07 Å². The Morgan fingerprint density at radius 1 is 1.70 bits per heavy atom. The first-order valence-corrected chi connectivity index (χ1v) is 3.70. The first kappa shape index (κ1) is 8.63. The van der Waals surface area contributed by atoms with Crippen LogP contribution in [0.5, 0.6) is 0 Å². The van der Waals surface area contributed by atoms with E-state index in [9.17, 15) is 8.42 Å². The molecular formula is C5H4N2O2S. The summed E-state index contributed by atoms with van der Waals surface area (Å²) >= 11 is 0. The summed E-state index contributed by atoms with van der Waals surface area (Å²) in [6.07, 6.45) is 0. The summed E-state index contributed by atoms with van der Waals surface area (Å²) in [4.78, 5) is -0.720. The molecule has 0 radical (unpaired) electrons. The predicted octanol–water partition coefficient (Wildman–Crippen LogP) is 0.201. The zero-order valence-corrected chi connectivity index (χ0v) is 5.77. The molecule has 4 nitrogen and oxygen atoms in total. The van der Waals surface area contributed by atoms with Gasteiger partial charge in [-0.05, 0) is 0 Å². The molecule has 0 spiro atoms. The van der Waals surface area contributed by atoms with Gasteiger partial charge in [-0.3, -0.25) is 5.41 Å². The van der Waals surface area contributed by atoms with Crippen LogP contribution in [0.25, 0.3) is 0 Å². The molecule has 0 fully saturated rings. The Morgan fingerprint density at radius 2 is 2.20 bits per heavy atom. The molecule has 0 bridgehead atoms. The third-order valence-electron chi connectivity index (χ3n) is 0.719. The standard InChI is InChI=1S/C5H4N2O2S/c1-2-10(8,9)5(3-6)4-7/h2,6H,1H2. The maximum atomic E-state index is 10.6. The van der Waals surface area contributed by atoms with Crippen molar-refractivity contribution in [2.24, 2.45) is 0 Å². The molecule has 0 unspecified atom stereocenters. The summed E-state index contributed by atoms with van der Waals surface area (Å²) in [5, 5.41) is 15.1. The van der Waals surface area contributed by atoms with Gasteiger partial charge in [0.15, 0.2) is 0 Å². The van der Waals surface area contributed by atoms with Crippen LogP contribution in [0, 0.1) is 16.7 Å². The van der Waals surface area contributed by atoms with E-state index < -0.39 is 14.7 Å². The molecule has 0 aliphatic rings. The molecule has 0 aliphatic heterocycles. The lowest BCUT2D eigenvalue weighted by molar-refractivity contribution is 0.611. The van der Waals surface area contributed by atoms with Gasteiger partial charge in [-0.15, -0.1) is 0 Å². The van der Waals surface area contributed by atoms with E-state index in [1.807, 2.05) is 0 Å². The monoisotopic (exact) mass is 156 g/mol. The van der Waals surface area contributed by atoms with Crippen LogP contribution in [-0.4, -0.2) is 14.3 Å². The summed E-state index contributed by atoms with van der Waals surface area (Å²) in [6.45, 7) is 2.97. The fraction of sp³-hybridized carbons (Fsp3) is 0. The Balaban J connectivity index is 5.28. The lowest BCUT2D eigenvalue weighted by Crippen LogP contribution is -1.96. The Hall–Kier alpha value is -1.37. The fourth-order valence-electron chi connectivity index (χ4n) is 0.246. The van der Waals surface area contributed by atoms with E-state index in [1.54, 1.807) is 0 Å². The van der Waals surface area contributed by atoms with Crippen molar-refractivity contribution in [2.45, 2.75) is 0 Å². The minimum Gasteiger partial charge on any atom is -0.257 e. The summed E-state index contributed by atoms with van der Waals surface area (Å²) < 4.78 is 21.2. The minimum absolute atomic E-state index is 0.604. The van der Waals surface area contributed by atoms with Crippen molar-refractivity contribution in [3.63, 3.8) is 0 Å². The number of allylic oxidation sites excluding steroid dienone is 1. The normalized spacial score (nSPS) is 9.10. The van der Waals surface area contributed by atoms with Crippen molar-refractivity contribution in [1.82, 2.24) is 0 Å². The van der Waals surface area contributed by atoms with Gasteiger partial charge in [0.05, 0.1) is 0 Å². The Kier molecular flexibility index (Phi) is 2.56. The summed E-state index contributed by atoms with van der Waals surface area (Å²) in [6, 6.07) is 1.30. The first-order chi connectivity index (χ1) is 4.58. The molecule has 0 rings (SSSR count). The highest BCUT2D eigenvalue weighted by molar-refractivity contribution is 7.98. The van der Waals surface area contributed by atoms with Crippen molar-refractivity contribution in [3.05, 3.63) is 16.9 Å². The van der Waals surface area contributed by atoms with E-state index in [-0.39, 0.29) is 0 Å². The van der Waals surface area contributed by atoms with Gasteiger partial charge in [-0.1, -0.05) is 6.58 Å². The van der Waals surface area contributed by atoms with Gasteiger partial charge < -0.3 is 0 Å². The van der Waals surface area contributed by atoms with Gasteiger partial charge in [0, 0.05) is 11.3 Å². The number of rotatable bonds is 2. The Morgan fingerprint density at radius 3 is 2.30 bits per heavy atom. The van der Waals surface area contributed by atoms with Crippen molar-refractivity contribution >= 4 is 15.7 Å². The maximum Gasteiger partial charge on any atom is 0.218 e. The summed E-state index contributed by atoms with van der Waals surface area (Å²) in [7, 11) is -3.74. The second-order valence-corrected chi connectivity index (χ2v) is 3.11. The molecular weight excluding hydrogens is 152 g/mol. The molecule has 0 aromatic rings. The fourth-order valence-corrected chi connectivity index (χ4v) is 0.682. The van der Waals surface area contributed by atoms with E-state index >= 15 is 0 Å². The predicted molar refractivity (Wildman–Crippen MR) is 36.0 cm³/mol. The van der Waals surface area contributed by atoms with Crippen molar-refractivity contribution in [1.29, 1.82) is 10.7 Å². The molecule has 52 valence electrons. The quantitative estimate of drug-likeness (QED) is 0.458. The summed E-state index contributed by atoms with van der Waals surface area (Å²) in [5.74, 6) is 1.49. The molecule has 1 N–H and O–H groups in total. The van der Waals surface area contributed by atoms with Crippen LogP contribution < -0.4 is 0 Å². The largest absolute Gasteiger partial charge is 0.257 e. The van der Waals surface area contributed by atoms with E-state index in [2.05, 4.69) is 6.58 Å². The van der Waals surface area contributed by atoms with Crippen LogP contribution in [-0.2, 0) is 9.84 Å². The Bertz CT molecular complexity index is 327. The summed E-state index contributed by atoms with van der Waals surface area (Å²) in [5.41, 5.74) is 0. The zero-order chi connectivity index (χ0) is 8.20. The lowest BCUT2D eigenvalue weighted by atomic mass is 10.7. The van der Waals surface area contributed by atoms with Crippen molar-refractivity contribution < 1.29 is 8.42 Å². The number of hydrogen-bond donors (Lipinski definition) is 1. The van der Waals surface area contributed by atoms with E-state index in [0.717, 1.165) is 0 Å². The highest BCUT2D eigenvalue weighted by atomic mass is 32.2. The lowest BCUT2D eigenvalue weighted by Gasteiger charge is -1.86. The van der Waals surface area contributed by atoms with Gasteiger partial charge >= 0.3 is 0 Å². The third kappa shape index (κ3) is 1.55. The number of nitrogens with one attached hydrogen (secondary N) is 1. The van der Waals surface area contributed by atoms with E-state index in [4.69, 9.17) is 10.7 Å². The first-order valence-electron chi connectivity index (χ1n) is 2.16. The minimum atomic E-state index is -3.74. The topological polar surface area (TPSA) is 81.8 Å². The van der Waals surface area contributed by atoms with Crippen LogP contribution in [0.15, 0.2) is 16.9 Å². The maximum absolute atomic E-state index is 10.6. The van der Waals surface area contributed by atoms with E-state index in [1.165, 1.54) is 11.9 Å². The Labute approximate surface area is 58.5 Å². The second-order valence-electron chi connectivity index (χ2n) is 1.28. The number of nitriles is 1. The van der Waals surface area contributed by atoms with Crippen LogP contribution in [0.2, 0.25) is 0 Å². The molecule has 0 aliphatic carbocycles. The van der Waals surface area contributed by atoms with Gasteiger partial charge in [-0.2, -0.15) is 5.26 Å². The van der Waals surface area contributed by atoms with E-state index in [0.29, 0.717) is 5.41 Å². The highest BCUT2D eigenvalue weighted by Crippen LogP contribution is 2.01. The number of nitrogens with zero attached hydrogens (tertiary/aromatic N) is 1. The molecule has 5 heteroatoms. The molecule has 0 amide bonds. The van der Waals surface area contributed by atoms with Crippen LogP contribution in [0.4, 0.5) is 0 Å². The second kappa shape index (κ2) is 2.97.